The normalized spacial score (nSPS) is 29.0. The van der Waals surface area contributed by atoms with Gasteiger partial charge in [0.25, 0.3) is 0 Å². The topological polar surface area (TPSA) is 35.5 Å². The van der Waals surface area contributed by atoms with Crippen molar-refractivity contribution >= 4 is 0 Å². The van der Waals surface area contributed by atoms with Crippen LogP contribution in [-0.2, 0) is 0 Å². The number of likely N-dealkylation sites (tertiary alicyclic amines) is 1. The van der Waals surface area contributed by atoms with Gasteiger partial charge >= 0.3 is 0 Å². The minimum atomic E-state index is 0.192. The van der Waals surface area contributed by atoms with Gasteiger partial charge in [0, 0.05) is 12.1 Å². The summed E-state index contributed by atoms with van der Waals surface area (Å²) < 4.78 is 0. The maximum atomic E-state index is 9.12. The summed E-state index contributed by atoms with van der Waals surface area (Å²) in [5.41, 5.74) is 0.192. The molecule has 1 fully saturated rings. The van der Waals surface area contributed by atoms with Crippen LogP contribution in [0, 0.1) is 0 Å². The molecule has 1 atom stereocenters. The predicted molar refractivity (Wildman–Crippen MR) is 64.1 cm³/mol. The van der Waals surface area contributed by atoms with Crippen molar-refractivity contribution in [3.8, 4) is 0 Å². The third-order valence-corrected chi connectivity index (χ3v) is 3.70. The second kappa shape index (κ2) is 6.46. The Morgan fingerprint density at radius 1 is 1.33 bits per heavy atom. The maximum Gasteiger partial charge on any atom is 0.0448 e. The van der Waals surface area contributed by atoms with Crippen LogP contribution >= 0.6 is 0 Å². The fraction of sp³-hybridized carbons (Fsp3) is 1.00. The summed E-state index contributed by atoms with van der Waals surface area (Å²) in [4.78, 5) is 2.55. The Balaban J connectivity index is 2.48. The molecule has 3 heteroatoms. The first-order valence-corrected chi connectivity index (χ1v) is 6.28. The SMILES string of the molecule is CCCN1CCCC(CCO)(NC)CC1. The average Bonchev–Trinajstić information content (AvgIpc) is 2.44. The largest absolute Gasteiger partial charge is 0.396 e. The van der Waals surface area contributed by atoms with E-state index in [0.29, 0.717) is 6.61 Å². The van der Waals surface area contributed by atoms with Gasteiger partial charge in [0.15, 0.2) is 0 Å². The molecule has 1 saturated heterocycles. The molecule has 0 aromatic rings. The van der Waals surface area contributed by atoms with Crippen LogP contribution in [0.3, 0.4) is 0 Å². The van der Waals surface area contributed by atoms with Gasteiger partial charge in [-0.2, -0.15) is 0 Å². The molecule has 0 saturated carbocycles. The molecule has 0 radical (unpaired) electrons. The molecule has 0 bridgehead atoms. The van der Waals surface area contributed by atoms with Gasteiger partial charge in [-0.25, -0.2) is 0 Å². The van der Waals surface area contributed by atoms with Crippen molar-refractivity contribution in [3.63, 3.8) is 0 Å². The third kappa shape index (κ3) is 3.74. The van der Waals surface area contributed by atoms with E-state index in [-0.39, 0.29) is 5.54 Å². The average molecular weight is 214 g/mol. The minimum Gasteiger partial charge on any atom is -0.396 e. The summed E-state index contributed by atoms with van der Waals surface area (Å²) in [5.74, 6) is 0. The Labute approximate surface area is 93.9 Å². The molecule has 3 nitrogen and oxygen atoms in total. The van der Waals surface area contributed by atoms with Gasteiger partial charge < -0.3 is 15.3 Å². The molecule has 2 N–H and O–H groups in total. The number of aliphatic hydroxyl groups is 1. The smallest absolute Gasteiger partial charge is 0.0448 e. The number of hydrogen-bond acceptors (Lipinski definition) is 3. The first kappa shape index (κ1) is 12.9. The zero-order valence-corrected chi connectivity index (χ0v) is 10.3. The summed E-state index contributed by atoms with van der Waals surface area (Å²) in [6, 6.07) is 0. The molecule has 1 aliphatic rings. The summed E-state index contributed by atoms with van der Waals surface area (Å²) in [6.07, 6.45) is 5.76. The molecule has 90 valence electrons. The van der Waals surface area contributed by atoms with Crippen LogP contribution in [0.5, 0.6) is 0 Å². The van der Waals surface area contributed by atoms with Crippen LogP contribution < -0.4 is 5.32 Å². The Kier molecular flexibility index (Phi) is 5.58. The van der Waals surface area contributed by atoms with E-state index in [1.807, 2.05) is 7.05 Å². The Hall–Kier alpha value is -0.120. The van der Waals surface area contributed by atoms with E-state index in [1.54, 1.807) is 0 Å². The highest BCUT2D eigenvalue weighted by molar-refractivity contribution is 4.89. The summed E-state index contributed by atoms with van der Waals surface area (Å²) in [5, 5.41) is 12.6. The standard InChI is InChI=1S/C12H26N2O/c1-3-8-14-9-4-5-12(13-2,6-10-14)7-11-15/h13,15H,3-11H2,1-2H3. The lowest BCUT2D eigenvalue weighted by Gasteiger charge is -2.32. The van der Waals surface area contributed by atoms with E-state index < -0.39 is 0 Å². The Morgan fingerprint density at radius 2 is 2.13 bits per heavy atom. The van der Waals surface area contributed by atoms with Gasteiger partial charge in [0.05, 0.1) is 0 Å². The van der Waals surface area contributed by atoms with Crippen molar-refractivity contribution in [1.29, 1.82) is 0 Å². The second-order valence-corrected chi connectivity index (χ2v) is 4.70. The van der Waals surface area contributed by atoms with Crippen molar-refractivity contribution < 1.29 is 5.11 Å². The fourth-order valence-corrected chi connectivity index (χ4v) is 2.63. The van der Waals surface area contributed by atoms with Crippen LogP contribution in [0.2, 0.25) is 0 Å². The van der Waals surface area contributed by atoms with Crippen LogP contribution in [0.15, 0.2) is 0 Å². The second-order valence-electron chi connectivity index (χ2n) is 4.70. The highest BCUT2D eigenvalue weighted by Crippen LogP contribution is 2.25. The first-order chi connectivity index (χ1) is 7.26. The van der Waals surface area contributed by atoms with Crippen molar-refractivity contribution in [2.75, 3.05) is 33.3 Å². The van der Waals surface area contributed by atoms with E-state index in [0.717, 1.165) is 6.42 Å². The van der Waals surface area contributed by atoms with E-state index in [1.165, 1.54) is 45.3 Å². The lowest BCUT2D eigenvalue weighted by atomic mass is 9.87. The highest BCUT2D eigenvalue weighted by Gasteiger charge is 2.29. The summed E-state index contributed by atoms with van der Waals surface area (Å²) in [7, 11) is 2.03. The van der Waals surface area contributed by atoms with Crippen LogP contribution in [-0.4, -0.2) is 48.8 Å². The van der Waals surface area contributed by atoms with Crippen LogP contribution in [0.25, 0.3) is 0 Å². The molecule has 15 heavy (non-hydrogen) atoms. The molecule has 0 spiro atoms. The van der Waals surface area contributed by atoms with Gasteiger partial charge in [-0.1, -0.05) is 6.92 Å². The number of nitrogens with zero attached hydrogens (tertiary/aromatic N) is 1. The van der Waals surface area contributed by atoms with Crippen molar-refractivity contribution in [2.24, 2.45) is 0 Å². The van der Waals surface area contributed by atoms with Gasteiger partial charge in [-0.3, -0.25) is 0 Å². The zero-order chi connectivity index (χ0) is 11.1. The van der Waals surface area contributed by atoms with Crippen molar-refractivity contribution in [2.45, 2.75) is 44.6 Å². The van der Waals surface area contributed by atoms with Gasteiger partial charge in [-0.05, 0) is 58.8 Å². The van der Waals surface area contributed by atoms with E-state index in [4.69, 9.17) is 5.11 Å². The number of nitrogens with one attached hydrogen (secondary N) is 1. The van der Waals surface area contributed by atoms with Crippen molar-refractivity contribution in [3.05, 3.63) is 0 Å². The number of aliphatic hydroxyl groups excluding tert-OH is 1. The fourth-order valence-electron chi connectivity index (χ4n) is 2.63. The predicted octanol–water partition coefficient (Wildman–Crippen LogP) is 1.22. The first-order valence-electron chi connectivity index (χ1n) is 6.28. The molecule has 1 heterocycles. The molecule has 0 aromatic carbocycles. The number of hydrogen-bond donors (Lipinski definition) is 2. The lowest BCUT2D eigenvalue weighted by molar-refractivity contribution is 0.196. The minimum absolute atomic E-state index is 0.192. The molecule has 1 aliphatic heterocycles. The lowest BCUT2D eigenvalue weighted by Crippen LogP contribution is -2.44. The van der Waals surface area contributed by atoms with E-state index >= 15 is 0 Å². The van der Waals surface area contributed by atoms with Crippen LogP contribution in [0.1, 0.15) is 39.0 Å². The number of rotatable bonds is 5. The van der Waals surface area contributed by atoms with Gasteiger partial charge in [0.1, 0.15) is 0 Å². The zero-order valence-electron chi connectivity index (χ0n) is 10.3. The van der Waals surface area contributed by atoms with Crippen LogP contribution in [0.4, 0.5) is 0 Å². The molecule has 1 unspecified atom stereocenters. The van der Waals surface area contributed by atoms with Gasteiger partial charge in [-0.15, -0.1) is 0 Å². The Bertz CT molecular complexity index is 175. The quantitative estimate of drug-likeness (QED) is 0.722. The van der Waals surface area contributed by atoms with E-state index in [9.17, 15) is 0 Å². The van der Waals surface area contributed by atoms with Crippen molar-refractivity contribution in [1.82, 2.24) is 10.2 Å². The molecular formula is C12H26N2O. The summed E-state index contributed by atoms with van der Waals surface area (Å²) in [6.45, 7) is 6.16. The molecule has 1 rings (SSSR count). The Morgan fingerprint density at radius 3 is 2.73 bits per heavy atom. The monoisotopic (exact) mass is 214 g/mol. The molecule has 0 amide bonds. The maximum absolute atomic E-state index is 9.12. The molecular weight excluding hydrogens is 188 g/mol. The van der Waals surface area contributed by atoms with E-state index in [2.05, 4.69) is 17.1 Å². The van der Waals surface area contributed by atoms with Gasteiger partial charge in [0.2, 0.25) is 0 Å². The summed E-state index contributed by atoms with van der Waals surface area (Å²) >= 11 is 0. The molecule has 0 aliphatic carbocycles. The molecule has 0 aromatic heterocycles. The third-order valence-electron chi connectivity index (χ3n) is 3.70. The highest BCUT2D eigenvalue weighted by atomic mass is 16.3.